The van der Waals surface area contributed by atoms with Gasteiger partial charge in [-0.05, 0) is 37.0 Å². The van der Waals surface area contributed by atoms with Crippen molar-refractivity contribution in [2.75, 3.05) is 19.3 Å². The van der Waals surface area contributed by atoms with Gasteiger partial charge in [-0.1, -0.05) is 12.1 Å². The van der Waals surface area contributed by atoms with Crippen molar-refractivity contribution in [3.8, 4) is 0 Å². The number of nitrogens with zero attached hydrogens (tertiary/aromatic N) is 1. The van der Waals surface area contributed by atoms with Crippen LogP contribution in [-0.4, -0.2) is 38.0 Å². The quantitative estimate of drug-likeness (QED) is 0.909. The summed E-state index contributed by atoms with van der Waals surface area (Å²) in [6.07, 6.45) is 2.21. The third kappa shape index (κ3) is 4.27. The normalized spacial score (nSPS) is 17.4. The molecule has 5 nitrogen and oxygen atoms in total. The van der Waals surface area contributed by atoms with Gasteiger partial charge in [-0.2, -0.15) is 0 Å². The lowest BCUT2D eigenvalue weighted by Crippen LogP contribution is -2.42. The highest BCUT2D eigenvalue weighted by Crippen LogP contribution is 2.19. The monoisotopic (exact) mass is 328 g/mol. The minimum atomic E-state index is -3.18. The molecular weight excluding hydrogens is 307 g/mol. The summed E-state index contributed by atoms with van der Waals surface area (Å²) in [4.78, 5) is 12.1. The third-order valence-corrected chi connectivity index (χ3v) is 5.30. The van der Waals surface area contributed by atoms with Crippen molar-refractivity contribution in [3.05, 3.63) is 35.1 Å². The first-order valence-corrected chi connectivity index (χ1v) is 9.10. The van der Waals surface area contributed by atoms with Gasteiger partial charge in [0.2, 0.25) is 15.9 Å². The third-order valence-electron chi connectivity index (χ3n) is 4.00. The van der Waals surface area contributed by atoms with Gasteiger partial charge in [0.15, 0.2) is 0 Å². The van der Waals surface area contributed by atoms with Crippen molar-refractivity contribution >= 4 is 15.9 Å². The number of rotatable bonds is 4. The summed E-state index contributed by atoms with van der Waals surface area (Å²) in [7, 11) is -3.18. The number of hydrogen-bond donors (Lipinski definition) is 1. The first-order chi connectivity index (χ1) is 10.3. The highest BCUT2D eigenvalue weighted by atomic mass is 32.2. The molecule has 1 fully saturated rings. The molecule has 0 bridgehead atoms. The average molecular weight is 328 g/mol. The molecule has 0 aliphatic carbocycles. The second-order valence-corrected chi connectivity index (χ2v) is 7.72. The van der Waals surface area contributed by atoms with E-state index in [9.17, 15) is 17.6 Å². The van der Waals surface area contributed by atoms with Crippen LogP contribution in [-0.2, 0) is 21.4 Å². The van der Waals surface area contributed by atoms with E-state index in [4.69, 9.17) is 0 Å². The first-order valence-electron chi connectivity index (χ1n) is 7.25. The zero-order valence-electron chi connectivity index (χ0n) is 12.8. The second-order valence-electron chi connectivity index (χ2n) is 5.74. The Hall–Kier alpha value is -1.47. The molecule has 1 saturated heterocycles. The molecule has 1 aliphatic heterocycles. The van der Waals surface area contributed by atoms with E-state index in [1.54, 1.807) is 19.1 Å². The maximum absolute atomic E-state index is 13.4. The maximum Gasteiger partial charge on any atom is 0.223 e. The van der Waals surface area contributed by atoms with Crippen molar-refractivity contribution in [2.24, 2.45) is 5.92 Å². The SMILES string of the molecule is Cc1ccc(CNC(=O)C2CCN(S(C)(=O)=O)CC2)cc1F. The lowest BCUT2D eigenvalue weighted by atomic mass is 9.97. The van der Waals surface area contributed by atoms with Crippen molar-refractivity contribution in [1.29, 1.82) is 0 Å². The number of sulfonamides is 1. The number of hydrogen-bond acceptors (Lipinski definition) is 3. The molecular formula is C15H21FN2O3S. The fraction of sp³-hybridized carbons (Fsp3) is 0.533. The van der Waals surface area contributed by atoms with Crippen molar-refractivity contribution < 1.29 is 17.6 Å². The summed E-state index contributed by atoms with van der Waals surface area (Å²) >= 11 is 0. The molecule has 0 radical (unpaired) electrons. The van der Waals surface area contributed by atoms with E-state index in [0.717, 1.165) is 0 Å². The van der Waals surface area contributed by atoms with Crippen LogP contribution in [0, 0.1) is 18.7 Å². The molecule has 0 spiro atoms. The van der Waals surface area contributed by atoms with E-state index in [2.05, 4.69) is 5.32 Å². The standard InChI is InChI=1S/C15H21FN2O3S/c1-11-3-4-12(9-14(11)16)10-17-15(19)13-5-7-18(8-6-13)22(2,20)21/h3-4,9,13H,5-8,10H2,1-2H3,(H,17,19). The molecule has 1 aromatic carbocycles. The van der Waals surface area contributed by atoms with E-state index in [1.807, 2.05) is 0 Å². The van der Waals surface area contributed by atoms with Crippen LogP contribution in [0.2, 0.25) is 0 Å². The fourth-order valence-electron chi connectivity index (χ4n) is 2.53. The number of carbonyl (C=O) groups is 1. The Morgan fingerprint density at radius 2 is 2.00 bits per heavy atom. The number of nitrogens with one attached hydrogen (secondary N) is 1. The van der Waals surface area contributed by atoms with Crippen LogP contribution in [0.15, 0.2) is 18.2 Å². The highest BCUT2D eigenvalue weighted by molar-refractivity contribution is 7.88. The van der Waals surface area contributed by atoms with Gasteiger partial charge in [0.25, 0.3) is 0 Å². The topological polar surface area (TPSA) is 66.5 Å². The molecule has 1 aliphatic rings. The second kappa shape index (κ2) is 6.75. The minimum Gasteiger partial charge on any atom is -0.352 e. The van der Waals surface area contributed by atoms with Crippen LogP contribution in [0.4, 0.5) is 4.39 Å². The summed E-state index contributed by atoms with van der Waals surface area (Å²) in [5.41, 5.74) is 1.29. The Balaban J connectivity index is 1.85. The molecule has 2 rings (SSSR count). The smallest absolute Gasteiger partial charge is 0.223 e. The lowest BCUT2D eigenvalue weighted by molar-refractivity contribution is -0.126. The van der Waals surface area contributed by atoms with E-state index in [-0.39, 0.29) is 24.2 Å². The van der Waals surface area contributed by atoms with Crippen molar-refractivity contribution in [2.45, 2.75) is 26.3 Å². The average Bonchev–Trinajstić information content (AvgIpc) is 2.47. The number of amides is 1. The molecule has 7 heteroatoms. The van der Waals surface area contributed by atoms with Crippen LogP contribution in [0.1, 0.15) is 24.0 Å². The molecule has 1 aromatic rings. The number of benzene rings is 1. The summed E-state index contributed by atoms with van der Waals surface area (Å²) in [5, 5.41) is 2.80. The van der Waals surface area contributed by atoms with Gasteiger partial charge in [-0.25, -0.2) is 17.1 Å². The minimum absolute atomic E-state index is 0.103. The van der Waals surface area contributed by atoms with Gasteiger partial charge < -0.3 is 5.32 Å². The first kappa shape index (κ1) is 16.9. The van der Waals surface area contributed by atoms with Gasteiger partial charge in [0.1, 0.15) is 5.82 Å². The Morgan fingerprint density at radius 1 is 1.36 bits per heavy atom. The van der Waals surface area contributed by atoms with E-state index in [0.29, 0.717) is 37.1 Å². The van der Waals surface area contributed by atoms with Crippen molar-refractivity contribution in [1.82, 2.24) is 9.62 Å². The Labute approximate surface area is 130 Å². The molecule has 22 heavy (non-hydrogen) atoms. The Kier molecular flexibility index (Phi) is 5.18. The summed E-state index contributed by atoms with van der Waals surface area (Å²) in [6.45, 7) is 2.71. The number of halogens is 1. The number of aryl methyl sites for hydroxylation is 1. The van der Waals surface area contributed by atoms with E-state index >= 15 is 0 Å². The summed E-state index contributed by atoms with van der Waals surface area (Å²) in [5.74, 6) is -0.573. The summed E-state index contributed by atoms with van der Waals surface area (Å²) in [6, 6.07) is 4.88. The predicted molar refractivity (Wildman–Crippen MR) is 82.1 cm³/mol. The maximum atomic E-state index is 13.4. The molecule has 1 amide bonds. The number of piperidine rings is 1. The van der Waals surface area contributed by atoms with Crippen LogP contribution in [0.3, 0.4) is 0 Å². The molecule has 122 valence electrons. The van der Waals surface area contributed by atoms with Gasteiger partial charge in [-0.15, -0.1) is 0 Å². The van der Waals surface area contributed by atoms with Crippen LogP contribution < -0.4 is 5.32 Å². The molecule has 1 N–H and O–H groups in total. The Morgan fingerprint density at radius 3 is 2.55 bits per heavy atom. The van der Waals surface area contributed by atoms with Crippen LogP contribution in [0.5, 0.6) is 0 Å². The lowest BCUT2D eigenvalue weighted by Gasteiger charge is -2.29. The van der Waals surface area contributed by atoms with E-state index in [1.165, 1.54) is 16.6 Å². The zero-order valence-corrected chi connectivity index (χ0v) is 13.6. The molecule has 0 saturated carbocycles. The summed E-state index contributed by atoms with van der Waals surface area (Å²) < 4.78 is 37.7. The Bertz CT molecular complexity index is 653. The van der Waals surface area contributed by atoms with Crippen LogP contribution >= 0.6 is 0 Å². The van der Waals surface area contributed by atoms with Crippen LogP contribution in [0.25, 0.3) is 0 Å². The molecule has 0 aromatic heterocycles. The number of carbonyl (C=O) groups excluding carboxylic acids is 1. The van der Waals surface area contributed by atoms with Gasteiger partial charge in [0.05, 0.1) is 6.26 Å². The van der Waals surface area contributed by atoms with Gasteiger partial charge in [-0.3, -0.25) is 4.79 Å². The van der Waals surface area contributed by atoms with Crippen molar-refractivity contribution in [3.63, 3.8) is 0 Å². The van der Waals surface area contributed by atoms with Gasteiger partial charge in [0, 0.05) is 25.6 Å². The van der Waals surface area contributed by atoms with E-state index < -0.39 is 10.0 Å². The molecule has 0 unspecified atom stereocenters. The fourth-order valence-corrected chi connectivity index (χ4v) is 3.40. The highest BCUT2D eigenvalue weighted by Gasteiger charge is 2.28. The zero-order chi connectivity index (χ0) is 16.3. The molecule has 0 atom stereocenters. The molecule has 1 heterocycles. The largest absolute Gasteiger partial charge is 0.352 e. The predicted octanol–water partition coefficient (Wildman–Crippen LogP) is 1.42. The van der Waals surface area contributed by atoms with Gasteiger partial charge >= 0.3 is 0 Å².